The van der Waals surface area contributed by atoms with E-state index in [0.29, 0.717) is 17.3 Å². The fourth-order valence-electron chi connectivity index (χ4n) is 2.27. The number of carbonyl (C=O) groups excluding carboxylic acids is 1. The fourth-order valence-corrected chi connectivity index (χ4v) is 2.41. The molecule has 1 heterocycles. The van der Waals surface area contributed by atoms with Crippen molar-refractivity contribution >= 4 is 23.1 Å². The SMILES string of the molecule is CC1(NC(=O)COc2ccc(C(N)=S)cc2)CCCOC1. The van der Waals surface area contributed by atoms with Gasteiger partial charge in [0.25, 0.3) is 5.91 Å². The highest BCUT2D eigenvalue weighted by atomic mass is 32.1. The van der Waals surface area contributed by atoms with E-state index in [-0.39, 0.29) is 18.1 Å². The van der Waals surface area contributed by atoms with E-state index in [1.807, 2.05) is 6.92 Å². The van der Waals surface area contributed by atoms with Gasteiger partial charge in [0.1, 0.15) is 10.7 Å². The Morgan fingerprint density at radius 2 is 2.19 bits per heavy atom. The first-order valence-corrected chi connectivity index (χ1v) is 7.31. The van der Waals surface area contributed by atoms with Crippen molar-refractivity contribution in [1.29, 1.82) is 0 Å². The highest BCUT2D eigenvalue weighted by molar-refractivity contribution is 7.80. The van der Waals surface area contributed by atoms with E-state index in [2.05, 4.69) is 5.32 Å². The molecule has 1 aromatic carbocycles. The van der Waals surface area contributed by atoms with Crippen molar-refractivity contribution in [2.45, 2.75) is 25.3 Å². The minimum Gasteiger partial charge on any atom is -0.484 e. The van der Waals surface area contributed by atoms with Gasteiger partial charge in [0.15, 0.2) is 6.61 Å². The molecule has 6 heteroatoms. The van der Waals surface area contributed by atoms with Crippen LogP contribution in [0.15, 0.2) is 24.3 Å². The second kappa shape index (κ2) is 6.87. The van der Waals surface area contributed by atoms with Crippen LogP contribution < -0.4 is 15.8 Å². The molecule has 2 rings (SSSR count). The molecule has 0 aliphatic carbocycles. The lowest BCUT2D eigenvalue weighted by Crippen LogP contribution is -2.52. The van der Waals surface area contributed by atoms with Gasteiger partial charge in [-0.05, 0) is 44.0 Å². The number of ether oxygens (including phenoxy) is 2. The van der Waals surface area contributed by atoms with Crippen molar-refractivity contribution in [3.8, 4) is 5.75 Å². The summed E-state index contributed by atoms with van der Waals surface area (Å²) in [5.74, 6) is 0.455. The Morgan fingerprint density at radius 1 is 1.48 bits per heavy atom. The molecule has 0 radical (unpaired) electrons. The number of amides is 1. The molecule has 114 valence electrons. The average Bonchev–Trinajstić information content (AvgIpc) is 2.46. The predicted molar refractivity (Wildman–Crippen MR) is 84.4 cm³/mol. The highest BCUT2D eigenvalue weighted by Gasteiger charge is 2.29. The Hall–Kier alpha value is -1.66. The maximum Gasteiger partial charge on any atom is 0.258 e. The van der Waals surface area contributed by atoms with E-state index in [9.17, 15) is 4.79 Å². The van der Waals surface area contributed by atoms with Crippen molar-refractivity contribution in [3.63, 3.8) is 0 Å². The molecule has 1 fully saturated rings. The van der Waals surface area contributed by atoms with E-state index in [1.165, 1.54) is 0 Å². The largest absolute Gasteiger partial charge is 0.484 e. The van der Waals surface area contributed by atoms with E-state index in [0.717, 1.165) is 25.0 Å². The van der Waals surface area contributed by atoms with Gasteiger partial charge in [0, 0.05) is 12.2 Å². The first-order valence-electron chi connectivity index (χ1n) is 6.90. The van der Waals surface area contributed by atoms with Gasteiger partial charge in [-0.25, -0.2) is 0 Å². The first-order chi connectivity index (χ1) is 9.98. The second-order valence-corrected chi connectivity index (χ2v) is 5.88. The van der Waals surface area contributed by atoms with Crippen molar-refractivity contribution in [2.75, 3.05) is 19.8 Å². The third-order valence-corrected chi connectivity index (χ3v) is 3.62. The monoisotopic (exact) mass is 308 g/mol. The molecular formula is C15H20N2O3S. The Kier molecular flexibility index (Phi) is 5.14. The van der Waals surface area contributed by atoms with Crippen molar-refractivity contribution < 1.29 is 14.3 Å². The third-order valence-electron chi connectivity index (χ3n) is 3.39. The van der Waals surface area contributed by atoms with Crippen LogP contribution in [0.2, 0.25) is 0 Å². The van der Waals surface area contributed by atoms with E-state index in [1.54, 1.807) is 24.3 Å². The Labute approximate surface area is 129 Å². The predicted octanol–water partition coefficient (Wildman–Crippen LogP) is 1.38. The molecule has 1 saturated heterocycles. The molecule has 1 aliphatic heterocycles. The lowest BCUT2D eigenvalue weighted by molar-refractivity contribution is -0.126. The van der Waals surface area contributed by atoms with Crippen LogP contribution in [0.3, 0.4) is 0 Å². The molecular weight excluding hydrogens is 288 g/mol. The summed E-state index contributed by atoms with van der Waals surface area (Å²) in [7, 11) is 0. The van der Waals surface area contributed by atoms with Crippen LogP contribution >= 0.6 is 12.2 Å². The summed E-state index contributed by atoms with van der Waals surface area (Å²) in [5, 5.41) is 2.97. The molecule has 1 atom stereocenters. The lowest BCUT2D eigenvalue weighted by Gasteiger charge is -2.34. The number of thiocarbonyl (C=S) groups is 1. The Balaban J connectivity index is 1.82. The van der Waals surface area contributed by atoms with Gasteiger partial charge in [-0.15, -0.1) is 0 Å². The van der Waals surface area contributed by atoms with Gasteiger partial charge >= 0.3 is 0 Å². The van der Waals surface area contributed by atoms with Crippen LogP contribution in [0, 0.1) is 0 Å². The maximum atomic E-state index is 11.9. The smallest absolute Gasteiger partial charge is 0.258 e. The molecule has 1 aliphatic rings. The number of rotatable bonds is 5. The summed E-state index contributed by atoms with van der Waals surface area (Å²) in [6, 6.07) is 7.03. The molecule has 0 spiro atoms. The quantitative estimate of drug-likeness (QED) is 0.804. The van der Waals surface area contributed by atoms with Crippen molar-refractivity contribution in [3.05, 3.63) is 29.8 Å². The summed E-state index contributed by atoms with van der Waals surface area (Å²) in [6.07, 6.45) is 1.87. The highest BCUT2D eigenvalue weighted by Crippen LogP contribution is 2.18. The average molecular weight is 308 g/mol. The first kappa shape index (κ1) is 15.7. The number of hydrogen-bond acceptors (Lipinski definition) is 4. The second-order valence-electron chi connectivity index (χ2n) is 5.44. The zero-order valence-corrected chi connectivity index (χ0v) is 12.9. The van der Waals surface area contributed by atoms with Crippen molar-refractivity contribution in [2.24, 2.45) is 5.73 Å². The number of nitrogens with one attached hydrogen (secondary N) is 1. The zero-order valence-electron chi connectivity index (χ0n) is 12.1. The third kappa shape index (κ3) is 4.68. The summed E-state index contributed by atoms with van der Waals surface area (Å²) in [6.45, 7) is 3.27. The van der Waals surface area contributed by atoms with Crippen LogP contribution in [0.25, 0.3) is 0 Å². The molecule has 21 heavy (non-hydrogen) atoms. The van der Waals surface area contributed by atoms with Gasteiger partial charge in [0.2, 0.25) is 0 Å². The van der Waals surface area contributed by atoms with Crippen LogP contribution in [0.5, 0.6) is 5.75 Å². The molecule has 1 aromatic rings. The minimum atomic E-state index is -0.297. The molecule has 3 N–H and O–H groups in total. The summed E-state index contributed by atoms with van der Waals surface area (Å²) >= 11 is 4.88. The van der Waals surface area contributed by atoms with Crippen LogP contribution in [-0.4, -0.2) is 36.3 Å². The Bertz CT molecular complexity index is 510. The number of nitrogens with two attached hydrogens (primary N) is 1. The minimum absolute atomic E-state index is 0.0258. The normalized spacial score (nSPS) is 21.6. The molecule has 1 unspecified atom stereocenters. The number of carbonyl (C=O) groups is 1. The van der Waals surface area contributed by atoms with Gasteiger partial charge in [-0.2, -0.15) is 0 Å². The zero-order chi connectivity index (χ0) is 15.3. The molecule has 5 nitrogen and oxygen atoms in total. The van der Waals surface area contributed by atoms with E-state index < -0.39 is 0 Å². The number of benzene rings is 1. The van der Waals surface area contributed by atoms with Gasteiger partial charge in [0.05, 0.1) is 12.1 Å². The van der Waals surface area contributed by atoms with E-state index >= 15 is 0 Å². The molecule has 0 bridgehead atoms. The maximum absolute atomic E-state index is 11.9. The standard InChI is InChI=1S/C15H20N2O3S/c1-15(7-2-8-19-10-15)17-13(18)9-20-12-5-3-11(4-6-12)14(16)21/h3-6H,2,7-10H2,1H3,(H2,16,21)(H,17,18). The fraction of sp³-hybridized carbons (Fsp3) is 0.467. The Morgan fingerprint density at radius 3 is 2.76 bits per heavy atom. The summed E-state index contributed by atoms with van der Waals surface area (Å²) in [4.78, 5) is 12.3. The molecule has 0 saturated carbocycles. The lowest BCUT2D eigenvalue weighted by atomic mass is 9.95. The molecule has 1 amide bonds. The van der Waals surface area contributed by atoms with E-state index in [4.69, 9.17) is 27.4 Å². The topological polar surface area (TPSA) is 73.6 Å². The molecule has 0 aromatic heterocycles. The van der Waals surface area contributed by atoms with Gasteiger partial charge < -0.3 is 20.5 Å². The summed E-state index contributed by atoms with van der Waals surface area (Å²) < 4.78 is 10.9. The summed E-state index contributed by atoms with van der Waals surface area (Å²) in [5.41, 5.74) is 5.99. The number of hydrogen-bond donors (Lipinski definition) is 2. The van der Waals surface area contributed by atoms with Crippen LogP contribution in [0.4, 0.5) is 0 Å². The van der Waals surface area contributed by atoms with Crippen LogP contribution in [0.1, 0.15) is 25.3 Å². The van der Waals surface area contributed by atoms with Crippen LogP contribution in [-0.2, 0) is 9.53 Å². The van der Waals surface area contributed by atoms with Gasteiger partial charge in [-0.3, -0.25) is 4.79 Å². The van der Waals surface area contributed by atoms with Crippen molar-refractivity contribution in [1.82, 2.24) is 5.32 Å². The van der Waals surface area contributed by atoms with Gasteiger partial charge in [-0.1, -0.05) is 12.2 Å².